The highest BCUT2D eigenvalue weighted by Crippen LogP contribution is 2.18. The van der Waals surface area contributed by atoms with Crippen molar-refractivity contribution in [2.45, 2.75) is 6.42 Å². The number of hydrogen-bond acceptors (Lipinski definition) is 5. The highest BCUT2D eigenvalue weighted by Gasteiger charge is 2.13. The van der Waals surface area contributed by atoms with Crippen LogP contribution in [0.3, 0.4) is 0 Å². The van der Waals surface area contributed by atoms with E-state index in [-0.39, 0.29) is 17.2 Å². The van der Waals surface area contributed by atoms with Crippen molar-refractivity contribution < 1.29 is 19.2 Å². The molecule has 7 nitrogen and oxygen atoms in total. The Labute approximate surface area is 143 Å². The minimum atomic E-state index is -0.963. The van der Waals surface area contributed by atoms with Gasteiger partial charge in [0.05, 0.1) is 5.56 Å². The van der Waals surface area contributed by atoms with Crippen molar-refractivity contribution in [3.8, 4) is 11.3 Å². The first-order valence-electron chi connectivity index (χ1n) is 7.61. The molecule has 0 bridgehead atoms. The van der Waals surface area contributed by atoms with E-state index in [1.807, 2.05) is 6.07 Å². The average molecular weight is 337 g/mol. The largest absolute Gasteiger partial charge is 0.478 e. The molecule has 0 radical (unpaired) electrons. The number of hydrogen-bond donors (Lipinski definition) is 2. The molecule has 0 aliphatic carbocycles. The van der Waals surface area contributed by atoms with Crippen LogP contribution >= 0.6 is 0 Å². The lowest BCUT2D eigenvalue weighted by atomic mass is 10.1. The maximum Gasteiger partial charge on any atom is 0.335 e. The average Bonchev–Trinajstić information content (AvgIpc) is 3.13. The number of carboxylic acid groups (broad SMARTS) is 1. The number of carboxylic acids is 1. The van der Waals surface area contributed by atoms with E-state index in [4.69, 9.17) is 9.63 Å². The number of carbonyl (C=O) groups is 2. The number of carbonyl (C=O) groups excluding carboxylic acids is 1. The molecule has 0 unspecified atom stereocenters. The predicted octanol–water partition coefficient (Wildman–Crippen LogP) is 2.41. The number of benzene rings is 1. The van der Waals surface area contributed by atoms with Gasteiger partial charge in [0, 0.05) is 30.6 Å². The van der Waals surface area contributed by atoms with Gasteiger partial charge in [-0.2, -0.15) is 0 Å². The van der Waals surface area contributed by atoms with Crippen molar-refractivity contribution in [2.75, 3.05) is 6.54 Å². The molecule has 2 aromatic heterocycles. The van der Waals surface area contributed by atoms with Gasteiger partial charge in [-0.3, -0.25) is 9.78 Å². The molecule has 2 heterocycles. The van der Waals surface area contributed by atoms with Crippen LogP contribution in [0, 0.1) is 0 Å². The first-order chi connectivity index (χ1) is 12.1. The second-order valence-electron chi connectivity index (χ2n) is 5.33. The summed E-state index contributed by atoms with van der Waals surface area (Å²) in [5.74, 6) is -0.820. The summed E-state index contributed by atoms with van der Waals surface area (Å²) in [5, 5.41) is 15.4. The van der Waals surface area contributed by atoms with Crippen molar-refractivity contribution >= 4 is 11.9 Å². The van der Waals surface area contributed by atoms with Gasteiger partial charge in [0.15, 0.2) is 11.5 Å². The van der Waals surface area contributed by atoms with Crippen molar-refractivity contribution in [1.82, 2.24) is 15.5 Å². The lowest BCUT2D eigenvalue weighted by Crippen LogP contribution is -2.25. The van der Waals surface area contributed by atoms with Gasteiger partial charge in [0.25, 0.3) is 5.91 Å². The zero-order chi connectivity index (χ0) is 17.6. The Morgan fingerprint density at radius 1 is 1.16 bits per heavy atom. The second kappa shape index (κ2) is 7.39. The normalized spacial score (nSPS) is 10.4. The summed E-state index contributed by atoms with van der Waals surface area (Å²) in [4.78, 5) is 26.9. The van der Waals surface area contributed by atoms with E-state index >= 15 is 0 Å². The van der Waals surface area contributed by atoms with Gasteiger partial charge < -0.3 is 14.9 Å². The molecule has 25 heavy (non-hydrogen) atoms. The minimum Gasteiger partial charge on any atom is -0.478 e. The highest BCUT2D eigenvalue weighted by atomic mass is 16.5. The maximum atomic E-state index is 12.1. The van der Waals surface area contributed by atoms with Crippen LogP contribution in [-0.2, 0) is 6.42 Å². The number of aromatic nitrogens is 2. The molecule has 1 aromatic carbocycles. The third-order valence-corrected chi connectivity index (χ3v) is 3.59. The minimum absolute atomic E-state index is 0.195. The Morgan fingerprint density at radius 2 is 1.96 bits per heavy atom. The lowest BCUT2D eigenvalue weighted by Gasteiger charge is -2.03. The van der Waals surface area contributed by atoms with E-state index in [0.717, 1.165) is 11.1 Å². The molecule has 0 aliphatic rings. The van der Waals surface area contributed by atoms with Gasteiger partial charge in [0.2, 0.25) is 0 Å². The topological polar surface area (TPSA) is 105 Å². The monoisotopic (exact) mass is 337 g/mol. The van der Waals surface area contributed by atoms with Crippen LogP contribution in [0.25, 0.3) is 11.3 Å². The van der Waals surface area contributed by atoms with Crippen LogP contribution in [0.5, 0.6) is 0 Å². The van der Waals surface area contributed by atoms with Crippen LogP contribution in [0.4, 0.5) is 0 Å². The molecule has 0 saturated carbocycles. The first kappa shape index (κ1) is 16.4. The van der Waals surface area contributed by atoms with E-state index in [0.29, 0.717) is 18.7 Å². The summed E-state index contributed by atoms with van der Waals surface area (Å²) in [6.45, 7) is 0.403. The summed E-state index contributed by atoms with van der Waals surface area (Å²) in [6.07, 6.45) is 3.86. The number of nitrogens with zero attached hydrogens (tertiary/aromatic N) is 2. The SMILES string of the molecule is O=C(O)c1ccc(CCNC(=O)c2cc(-c3cccnc3)on2)cc1. The summed E-state index contributed by atoms with van der Waals surface area (Å²) in [6, 6.07) is 11.7. The van der Waals surface area contributed by atoms with E-state index in [9.17, 15) is 9.59 Å². The quantitative estimate of drug-likeness (QED) is 0.715. The number of rotatable bonds is 6. The van der Waals surface area contributed by atoms with Crippen molar-refractivity contribution in [1.29, 1.82) is 0 Å². The molecular weight excluding hydrogens is 322 g/mol. The van der Waals surface area contributed by atoms with E-state index in [2.05, 4.69) is 15.5 Å². The van der Waals surface area contributed by atoms with E-state index < -0.39 is 5.97 Å². The number of amides is 1. The molecule has 0 spiro atoms. The summed E-state index contributed by atoms with van der Waals surface area (Å²) in [7, 11) is 0. The van der Waals surface area contributed by atoms with Crippen molar-refractivity contribution in [2.24, 2.45) is 0 Å². The van der Waals surface area contributed by atoms with Crippen molar-refractivity contribution in [3.05, 3.63) is 71.7 Å². The zero-order valence-corrected chi connectivity index (χ0v) is 13.2. The Hall–Kier alpha value is -3.48. The molecule has 1 amide bonds. The molecule has 0 saturated heterocycles. The third kappa shape index (κ3) is 4.08. The van der Waals surface area contributed by atoms with Crippen LogP contribution in [0.2, 0.25) is 0 Å². The van der Waals surface area contributed by atoms with Crippen LogP contribution in [0.15, 0.2) is 59.4 Å². The Bertz CT molecular complexity index is 873. The molecule has 0 fully saturated rings. The van der Waals surface area contributed by atoms with Crippen LogP contribution < -0.4 is 5.32 Å². The molecule has 3 aromatic rings. The predicted molar refractivity (Wildman–Crippen MR) is 89.2 cm³/mol. The third-order valence-electron chi connectivity index (χ3n) is 3.59. The zero-order valence-electron chi connectivity index (χ0n) is 13.2. The molecule has 7 heteroatoms. The van der Waals surface area contributed by atoms with Gasteiger partial charge >= 0.3 is 5.97 Å². The summed E-state index contributed by atoms with van der Waals surface area (Å²) >= 11 is 0. The Morgan fingerprint density at radius 3 is 2.64 bits per heavy atom. The Kier molecular flexibility index (Phi) is 4.84. The van der Waals surface area contributed by atoms with Gasteiger partial charge in [-0.1, -0.05) is 17.3 Å². The van der Waals surface area contributed by atoms with E-state index in [1.165, 1.54) is 12.1 Å². The summed E-state index contributed by atoms with van der Waals surface area (Å²) < 4.78 is 5.17. The summed E-state index contributed by atoms with van der Waals surface area (Å²) in [5.41, 5.74) is 2.10. The fourth-order valence-corrected chi connectivity index (χ4v) is 2.25. The van der Waals surface area contributed by atoms with Gasteiger partial charge in [0.1, 0.15) is 0 Å². The van der Waals surface area contributed by atoms with Crippen LogP contribution in [0.1, 0.15) is 26.4 Å². The van der Waals surface area contributed by atoms with Crippen molar-refractivity contribution in [3.63, 3.8) is 0 Å². The molecule has 0 aliphatic heterocycles. The Balaban J connectivity index is 1.54. The molecule has 126 valence electrons. The number of aromatic carboxylic acids is 1. The standard InChI is InChI=1S/C18H15N3O4/c22-17(15-10-16(25-21-15)14-2-1-8-19-11-14)20-9-7-12-3-5-13(6-4-12)18(23)24/h1-6,8,10-11H,7,9H2,(H,20,22)(H,23,24). The van der Waals surface area contributed by atoms with Gasteiger partial charge in [-0.15, -0.1) is 0 Å². The van der Waals surface area contributed by atoms with E-state index in [1.54, 1.807) is 36.7 Å². The molecule has 0 atom stereocenters. The number of nitrogens with one attached hydrogen (secondary N) is 1. The van der Waals surface area contributed by atoms with Gasteiger partial charge in [-0.05, 0) is 36.2 Å². The fourth-order valence-electron chi connectivity index (χ4n) is 2.25. The lowest BCUT2D eigenvalue weighted by molar-refractivity contribution is 0.0696. The second-order valence-corrected chi connectivity index (χ2v) is 5.33. The maximum absolute atomic E-state index is 12.1. The van der Waals surface area contributed by atoms with Crippen LogP contribution in [-0.4, -0.2) is 33.7 Å². The molecule has 2 N–H and O–H groups in total. The smallest absolute Gasteiger partial charge is 0.335 e. The highest BCUT2D eigenvalue weighted by molar-refractivity contribution is 5.93. The molecular formula is C18H15N3O4. The molecule has 3 rings (SSSR count). The fraction of sp³-hybridized carbons (Fsp3) is 0.111. The first-order valence-corrected chi connectivity index (χ1v) is 7.61. The number of pyridine rings is 1. The van der Waals surface area contributed by atoms with Gasteiger partial charge in [-0.25, -0.2) is 4.79 Å².